The van der Waals surface area contributed by atoms with E-state index in [4.69, 9.17) is 0 Å². The molecule has 0 spiro atoms. The Bertz CT molecular complexity index is 513. The van der Waals surface area contributed by atoms with Gasteiger partial charge in [0.2, 0.25) is 0 Å². The summed E-state index contributed by atoms with van der Waals surface area (Å²) >= 11 is 0. The molecule has 0 aromatic heterocycles. The van der Waals surface area contributed by atoms with Crippen molar-refractivity contribution in [2.45, 2.75) is 19.0 Å². The fraction of sp³-hybridized carbons (Fsp3) is 0.500. The summed E-state index contributed by atoms with van der Waals surface area (Å²) < 4.78 is 36.1. The van der Waals surface area contributed by atoms with E-state index in [2.05, 4.69) is 5.32 Å². The second kappa shape index (κ2) is 4.64. The third-order valence-corrected chi connectivity index (χ3v) is 3.94. The minimum atomic E-state index is -3.10. The first-order chi connectivity index (χ1) is 7.97. The van der Waals surface area contributed by atoms with Gasteiger partial charge in [0.15, 0.2) is 0 Å². The van der Waals surface area contributed by atoms with E-state index < -0.39 is 16.0 Å². The zero-order valence-electron chi connectivity index (χ0n) is 9.74. The molecule has 94 valence electrons. The van der Waals surface area contributed by atoms with Crippen LogP contribution in [0.1, 0.15) is 23.7 Å². The van der Waals surface area contributed by atoms with Gasteiger partial charge in [-0.05, 0) is 18.4 Å². The van der Waals surface area contributed by atoms with E-state index in [1.54, 1.807) is 6.07 Å². The van der Waals surface area contributed by atoms with Crippen LogP contribution in [-0.2, 0) is 16.3 Å². The molecule has 0 fully saturated rings. The van der Waals surface area contributed by atoms with Gasteiger partial charge in [0, 0.05) is 24.1 Å². The lowest BCUT2D eigenvalue weighted by Crippen LogP contribution is -2.07. The Balaban J connectivity index is 2.15. The molecule has 0 bridgehead atoms. The van der Waals surface area contributed by atoms with Crippen LogP contribution in [0.5, 0.6) is 0 Å². The van der Waals surface area contributed by atoms with Crippen molar-refractivity contribution in [3.05, 3.63) is 29.3 Å². The topological polar surface area (TPSA) is 46.2 Å². The second-order valence-corrected chi connectivity index (χ2v) is 6.70. The summed E-state index contributed by atoms with van der Waals surface area (Å²) in [5, 5.41) is 3.16. The molecule has 0 amide bonds. The van der Waals surface area contributed by atoms with Crippen LogP contribution in [0.4, 0.5) is 10.1 Å². The summed E-state index contributed by atoms with van der Waals surface area (Å²) in [5.74, 6) is -0.113. The molecule has 5 heteroatoms. The Hall–Kier alpha value is -1.10. The number of anilines is 1. The Morgan fingerprint density at radius 2 is 2.24 bits per heavy atom. The highest BCUT2D eigenvalue weighted by atomic mass is 32.2. The van der Waals surface area contributed by atoms with Crippen molar-refractivity contribution < 1.29 is 12.8 Å². The first-order valence-corrected chi connectivity index (χ1v) is 7.71. The van der Waals surface area contributed by atoms with Crippen molar-refractivity contribution in [1.82, 2.24) is 0 Å². The van der Waals surface area contributed by atoms with E-state index in [9.17, 15) is 12.8 Å². The molecule has 0 saturated heterocycles. The fourth-order valence-electron chi connectivity index (χ4n) is 2.10. The van der Waals surface area contributed by atoms with Gasteiger partial charge in [-0.25, -0.2) is 12.8 Å². The highest BCUT2D eigenvalue weighted by Gasteiger charge is 2.20. The van der Waals surface area contributed by atoms with Crippen LogP contribution < -0.4 is 5.32 Å². The van der Waals surface area contributed by atoms with E-state index in [1.165, 1.54) is 0 Å². The van der Waals surface area contributed by atoms with Crippen LogP contribution in [0.25, 0.3) is 0 Å². The summed E-state index contributed by atoms with van der Waals surface area (Å²) in [4.78, 5) is 0. The molecular weight excluding hydrogens is 241 g/mol. The molecule has 1 aromatic rings. The van der Waals surface area contributed by atoms with Gasteiger partial charge in [0.25, 0.3) is 0 Å². The van der Waals surface area contributed by atoms with Crippen molar-refractivity contribution in [3.8, 4) is 0 Å². The Morgan fingerprint density at radius 3 is 2.94 bits per heavy atom. The molecule has 1 heterocycles. The summed E-state index contributed by atoms with van der Waals surface area (Å²) in [5.41, 5.74) is 2.56. The van der Waals surface area contributed by atoms with Gasteiger partial charge < -0.3 is 5.32 Å². The van der Waals surface area contributed by atoms with E-state index in [-0.39, 0.29) is 12.2 Å². The third kappa shape index (κ3) is 2.97. The molecule has 1 aromatic carbocycles. The van der Waals surface area contributed by atoms with Gasteiger partial charge in [-0.3, -0.25) is 0 Å². The molecule has 1 unspecified atom stereocenters. The number of para-hydroxylation sites is 1. The Kier molecular flexibility index (Phi) is 3.38. The fourth-order valence-corrected chi connectivity index (χ4v) is 2.74. The zero-order valence-corrected chi connectivity index (χ0v) is 10.6. The van der Waals surface area contributed by atoms with Crippen LogP contribution in [0.2, 0.25) is 0 Å². The average molecular weight is 257 g/mol. The van der Waals surface area contributed by atoms with Crippen molar-refractivity contribution >= 4 is 15.5 Å². The van der Waals surface area contributed by atoms with Crippen LogP contribution in [0.15, 0.2) is 18.2 Å². The monoisotopic (exact) mass is 257 g/mol. The molecule has 0 saturated carbocycles. The lowest BCUT2D eigenvalue weighted by atomic mass is 10.0. The molecular formula is C12H16FNO2S. The lowest BCUT2D eigenvalue weighted by Gasteiger charge is -2.12. The predicted octanol–water partition coefficient (Wildman–Crippen LogP) is 2.10. The summed E-state index contributed by atoms with van der Waals surface area (Å²) in [6.45, 7) is 0.825. The summed E-state index contributed by atoms with van der Waals surface area (Å²) in [6, 6.07) is 5.53. The van der Waals surface area contributed by atoms with E-state index in [1.807, 2.05) is 12.1 Å². The molecule has 0 aliphatic carbocycles. The van der Waals surface area contributed by atoms with Crippen LogP contribution >= 0.6 is 0 Å². The molecule has 2 rings (SSSR count). The van der Waals surface area contributed by atoms with Gasteiger partial charge in [0.05, 0.1) is 5.75 Å². The van der Waals surface area contributed by atoms with Crippen molar-refractivity contribution in [1.29, 1.82) is 0 Å². The lowest BCUT2D eigenvalue weighted by molar-refractivity contribution is 0.336. The van der Waals surface area contributed by atoms with E-state index >= 15 is 0 Å². The van der Waals surface area contributed by atoms with E-state index in [0.29, 0.717) is 5.56 Å². The highest BCUT2D eigenvalue weighted by molar-refractivity contribution is 7.90. The quantitative estimate of drug-likeness (QED) is 0.898. The number of hydrogen-bond acceptors (Lipinski definition) is 3. The van der Waals surface area contributed by atoms with Gasteiger partial charge in [-0.15, -0.1) is 0 Å². The van der Waals surface area contributed by atoms with Gasteiger partial charge >= 0.3 is 0 Å². The first-order valence-electron chi connectivity index (χ1n) is 5.65. The van der Waals surface area contributed by atoms with Gasteiger partial charge in [0.1, 0.15) is 16.0 Å². The van der Waals surface area contributed by atoms with Crippen molar-refractivity contribution in [2.24, 2.45) is 0 Å². The number of benzene rings is 1. The molecule has 1 N–H and O–H groups in total. The smallest absolute Gasteiger partial charge is 0.147 e. The minimum Gasteiger partial charge on any atom is -0.384 e. The van der Waals surface area contributed by atoms with Crippen LogP contribution in [0, 0.1) is 0 Å². The molecule has 17 heavy (non-hydrogen) atoms. The molecule has 1 aliphatic rings. The zero-order chi connectivity index (χ0) is 12.5. The van der Waals surface area contributed by atoms with Crippen molar-refractivity contribution in [2.75, 3.05) is 23.9 Å². The van der Waals surface area contributed by atoms with E-state index in [0.717, 1.165) is 30.5 Å². The standard InChI is InChI=1S/C12H16FNO2S/c1-17(15,16)8-6-11(13)10-4-2-3-9-5-7-14-12(9)10/h2-4,11,14H,5-8H2,1H3. The Labute approximate surface area is 101 Å². The predicted molar refractivity (Wildman–Crippen MR) is 66.8 cm³/mol. The molecule has 3 nitrogen and oxygen atoms in total. The maximum Gasteiger partial charge on any atom is 0.147 e. The van der Waals surface area contributed by atoms with Gasteiger partial charge in [-0.1, -0.05) is 18.2 Å². The number of sulfone groups is 1. The largest absolute Gasteiger partial charge is 0.384 e. The highest BCUT2D eigenvalue weighted by Crippen LogP contribution is 2.34. The van der Waals surface area contributed by atoms with Crippen LogP contribution in [-0.4, -0.2) is 27.0 Å². The molecule has 0 radical (unpaired) electrons. The second-order valence-electron chi connectivity index (χ2n) is 4.44. The number of hydrogen-bond donors (Lipinski definition) is 1. The summed E-state index contributed by atoms with van der Waals surface area (Å²) in [7, 11) is -3.10. The molecule has 1 aliphatic heterocycles. The maximum absolute atomic E-state index is 14.0. The number of fused-ring (bicyclic) bond motifs is 1. The average Bonchev–Trinajstić information content (AvgIpc) is 2.72. The van der Waals surface area contributed by atoms with Crippen molar-refractivity contribution in [3.63, 3.8) is 0 Å². The Morgan fingerprint density at radius 1 is 1.47 bits per heavy atom. The molecule has 1 atom stereocenters. The SMILES string of the molecule is CS(=O)(=O)CCC(F)c1cccc2c1NCC2. The number of halogens is 1. The van der Waals surface area contributed by atoms with Gasteiger partial charge in [-0.2, -0.15) is 0 Å². The number of alkyl halides is 1. The maximum atomic E-state index is 14.0. The first kappa shape index (κ1) is 12.4. The minimum absolute atomic E-state index is 0.0248. The number of nitrogens with one attached hydrogen (secondary N) is 1. The summed E-state index contributed by atoms with van der Waals surface area (Å²) in [6.07, 6.45) is 0.844. The van der Waals surface area contributed by atoms with Crippen LogP contribution in [0.3, 0.4) is 0 Å². The third-order valence-electron chi connectivity index (χ3n) is 2.96. The number of rotatable bonds is 4. The normalized spacial score (nSPS) is 16.4.